The summed E-state index contributed by atoms with van der Waals surface area (Å²) in [5.41, 5.74) is 1.18. The molecule has 0 heterocycles. The van der Waals surface area contributed by atoms with Crippen LogP contribution in [0.1, 0.15) is 44.2 Å². The Morgan fingerprint density at radius 2 is 2.11 bits per heavy atom. The molecule has 1 unspecified atom stereocenters. The fourth-order valence-electron chi connectivity index (χ4n) is 3.07. The SMILES string of the molecule is CCNC(c1cc(Cl)cc(Br)c1OC)C1CCCC1. The molecule has 0 amide bonds. The van der Waals surface area contributed by atoms with Crippen LogP contribution in [0.5, 0.6) is 5.75 Å². The van der Waals surface area contributed by atoms with Crippen molar-refractivity contribution < 1.29 is 4.74 Å². The Labute approximate surface area is 129 Å². The largest absolute Gasteiger partial charge is 0.495 e. The summed E-state index contributed by atoms with van der Waals surface area (Å²) < 4.78 is 6.50. The Bertz CT molecular complexity index is 432. The zero-order chi connectivity index (χ0) is 13.8. The highest BCUT2D eigenvalue weighted by Gasteiger charge is 2.28. The van der Waals surface area contributed by atoms with Gasteiger partial charge in [0.25, 0.3) is 0 Å². The molecule has 1 fully saturated rings. The van der Waals surface area contributed by atoms with Gasteiger partial charge in [0.1, 0.15) is 5.75 Å². The van der Waals surface area contributed by atoms with Gasteiger partial charge >= 0.3 is 0 Å². The quantitative estimate of drug-likeness (QED) is 0.814. The van der Waals surface area contributed by atoms with E-state index in [4.69, 9.17) is 16.3 Å². The van der Waals surface area contributed by atoms with Crippen molar-refractivity contribution in [3.8, 4) is 5.75 Å². The van der Waals surface area contributed by atoms with E-state index in [1.807, 2.05) is 12.1 Å². The monoisotopic (exact) mass is 345 g/mol. The van der Waals surface area contributed by atoms with Crippen LogP contribution in [-0.4, -0.2) is 13.7 Å². The molecule has 106 valence electrons. The van der Waals surface area contributed by atoms with Crippen molar-refractivity contribution in [3.63, 3.8) is 0 Å². The number of methoxy groups -OCH3 is 1. The maximum Gasteiger partial charge on any atom is 0.137 e. The fraction of sp³-hybridized carbons (Fsp3) is 0.600. The first-order valence-corrected chi connectivity index (χ1v) is 8.10. The number of ether oxygens (including phenoxy) is 1. The van der Waals surface area contributed by atoms with Crippen LogP contribution < -0.4 is 10.1 Å². The van der Waals surface area contributed by atoms with Crippen molar-refractivity contribution in [1.82, 2.24) is 5.32 Å². The molecule has 0 radical (unpaired) electrons. The highest BCUT2D eigenvalue weighted by molar-refractivity contribution is 9.10. The first-order chi connectivity index (χ1) is 9.17. The van der Waals surface area contributed by atoms with E-state index >= 15 is 0 Å². The van der Waals surface area contributed by atoms with E-state index in [2.05, 4.69) is 28.2 Å². The first-order valence-electron chi connectivity index (χ1n) is 6.93. The van der Waals surface area contributed by atoms with Gasteiger partial charge < -0.3 is 10.1 Å². The molecule has 1 aromatic rings. The summed E-state index contributed by atoms with van der Waals surface area (Å²) in [4.78, 5) is 0. The molecule has 1 saturated carbocycles. The Morgan fingerprint density at radius 3 is 2.68 bits per heavy atom. The average Bonchev–Trinajstić information content (AvgIpc) is 2.88. The molecule has 1 aromatic carbocycles. The van der Waals surface area contributed by atoms with Gasteiger partial charge in [-0.15, -0.1) is 0 Å². The van der Waals surface area contributed by atoms with Crippen molar-refractivity contribution in [2.24, 2.45) is 5.92 Å². The van der Waals surface area contributed by atoms with E-state index in [9.17, 15) is 0 Å². The predicted octanol–water partition coefficient (Wildman–Crippen LogP) is 4.95. The minimum atomic E-state index is 0.331. The molecule has 1 N–H and O–H groups in total. The third kappa shape index (κ3) is 3.45. The lowest BCUT2D eigenvalue weighted by Gasteiger charge is -2.27. The molecule has 19 heavy (non-hydrogen) atoms. The minimum Gasteiger partial charge on any atom is -0.495 e. The van der Waals surface area contributed by atoms with E-state index in [-0.39, 0.29) is 0 Å². The van der Waals surface area contributed by atoms with Gasteiger partial charge in [0, 0.05) is 16.6 Å². The van der Waals surface area contributed by atoms with Crippen LogP contribution in [0.3, 0.4) is 0 Å². The van der Waals surface area contributed by atoms with Gasteiger partial charge in [-0.25, -0.2) is 0 Å². The number of rotatable bonds is 5. The molecular formula is C15H21BrClNO. The second kappa shape index (κ2) is 6.96. The summed E-state index contributed by atoms with van der Waals surface area (Å²) in [7, 11) is 1.72. The smallest absolute Gasteiger partial charge is 0.137 e. The van der Waals surface area contributed by atoms with Crippen LogP contribution in [0.15, 0.2) is 16.6 Å². The topological polar surface area (TPSA) is 21.3 Å². The Balaban J connectivity index is 2.39. The standard InChI is InChI=1S/C15H21BrClNO/c1-3-18-14(10-6-4-5-7-10)12-8-11(17)9-13(16)15(12)19-2/h8-10,14,18H,3-7H2,1-2H3. The lowest BCUT2D eigenvalue weighted by Crippen LogP contribution is -2.27. The molecule has 0 saturated heterocycles. The molecule has 2 nitrogen and oxygen atoms in total. The highest BCUT2D eigenvalue weighted by Crippen LogP contribution is 2.42. The van der Waals surface area contributed by atoms with Crippen LogP contribution in [0, 0.1) is 5.92 Å². The molecule has 2 rings (SSSR count). The Kier molecular flexibility index (Phi) is 5.55. The second-order valence-corrected chi connectivity index (χ2v) is 6.38. The fourth-order valence-corrected chi connectivity index (χ4v) is 4.06. The van der Waals surface area contributed by atoms with Crippen molar-refractivity contribution in [3.05, 3.63) is 27.2 Å². The molecule has 1 aliphatic carbocycles. The molecular weight excluding hydrogens is 326 g/mol. The van der Waals surface area contributed by atoms with Crippen LogP contribution in [0.2, 0.25) is 5.02 Å². The zero-order valence-electron chi connectivity index (χ0n) is 11.5. The first kappa shape index (κ1) is 15.1. The van der Waals surface area contributed by atoms with Gasteiger partial charge in [-0.05, 0) is 53.4 Å². The van der Waals surface area contributed by atoms with Crippen molar-refractivity contribution >= 4 is 27.5 Å². The minimum absolute atomic E-state index is 0.331. The maximum absolute atomic E-state index is 6.22. The Hall–Kier alpha value is -0.250. The molecule has 0 aromatic heterocycles. The maximum atomic E-state index is 6.22. The lowest BCUT2D eigenvalue weighted by atomic mass is 9.91. The van der Waals surface area contributed by atoms with Gasteiger partial charge in [0.15, 0.2) is 0 Å². The van der Waals surface area contributed by atoms with Gasteiger partial charge in [-0.2, -0.15) is 0 Å². The van der Waals surface area contributed by atoms with Crippen molar-refractivity contribution in [2.75, 3.05) is 13.7 Å². The normalized spacial score (nSPS) is 17.7. The van der Waals surface area contributed by atoms with Crippen molar-refractivity contribution in [1.29, 1.82) is 0 Å². The Morgan fingerprint density at radius 1 is 1.42 bits per heavy atom. The average molecular weight is 347 g/mol. The molecule has 0 bridgehead atoms. The number of hydrogen-bond acceptors (Lipinski definition) is 2. The molecule has 4 heteroatoms. The number of benzene rings is 1. The third-order valence-corrected chi connectivity index (χ3v) is 4.68. The summed E-state index contributed by atoms with van der Waals surface area (Å²) >= 11 is 9.77. The van der Waals surface area contributed by atoms with Crippen LogP contribution >= 0.6 is 27.5 Å². The summed E-state index contributed by atoms with van der Waals surface area (Å²) in [6, 6.07) is 4.26. The van der Waals surface area contributed by atoms with Crippen LogP contribution in [0.25, 0.3) is 0 Å². The van der Waals surface area contributed by atoms with Gasteiger partial charge in [-0.3, -0.25) is 0 Å². The van der Waals surface area contributed by atoms with Crippen LogP contribution in [-0.2, 0) is 0 Å². The van der Waals surface area contributed by atoms with Gasteiger partial charge in [-0.1, -0.05) is 31.4 Å². The van der Waals surface area contributed by atoms with Crippen molar-refractivity contribution in [2.45, 2.75) is 38.6 Å². The van der Waals surface area contributed by atoms with E-state index in [1.54, 1.807) is 7.11 Å². The molecule has 1 aliphatic rings. The number of halogens is 2. The second-order valence-electron chi connectivity index (χ2n) is 5.09. The number of nitrogens with one attached hydrogen (secondary N) is 1. The number of hydrogen-bond donors (Lipinski definition) is 1. The summed E-state index contributed by atoms with van der Waals surface area (Å²) in [6.45, 7) is 3.10. The molecule has 0 aliphatic heterocycles. The summed E-state index contributed by atoms with van der Waals surface area (Å²) in [6.07, 6.45) is 5.23. The van der Waals surface area contributed by atoms with E-state index < -0.39 is 0 Å². The van der Waals surface area contributed by atoms with E-state index in [0.29, 0.717) is 12.0 Å². The van der Waals surface area contributed by atoms with Gasteiger partial charge in [0.2, 0.25) is 0 Å². The third-order valence-electron chi connectivity index (χ3n) is 3.87. The molecule has 1 atom stereocenters. The summed E-state index contributed by atoms with van der Waals surface area (Å²) in [5.74, 6) is 1.58. The zero-order valence-corrected chi connectivity index (χ0v) is 13.9. The molecule has 0 spiro atoms. The van der Waals surface area contributed by atoms with Gasteiger partial charge in [0.05, 0.1) is 11.6 Å². The predicted molar refractivity (Wildman–Crippen MR) is 84.1 cm³/mol. The lowest BCUT2D eigenvalue weighted by molar-refractivity contribution is 0.348. The highest BCUT2D eigenvalue weighted by atomic mass is 79.9. The van der Waals surface area contributed by atoms with Crippen LogP contribution in [0.4, 0.5) is 0 Å². The van der Waals surface area contributed by atoms with E-state index in [1.165, 1.54) is 31.2 Å². The summed E-state index contributed by atoms with van der Waals surface area (Å²) in [5, 5.41) is 4.36. The van der Waals surface area contributed by atoms with E-state index in [0.717, 1.165) is 21.8 Å².